The van der Waals surface area contributed by atoms with E-state index in [9.17, 15) is 0 Å². The molecule has 0 aromatic rings. The van der Waals surface area contributed by atoms with Gasteiger partial charge >= 0.3 is 0 Å². The van der Waals surface area contributed by atoms with Gasteiger partial charge in [0.25, 0.3) is 0 Å². The Labute approximate surface area is 97.8 Å². The van der Waals surface area contributed by atoms with E-state index in [2.05, 4.69) is 30.5 Å². The van der Waals surface area contributed by atoms with Gasteiger partial charge in [-0.1, -0.05) is 39.2 Å². The van der Waals surface area contributed by atoms with E-state index in [-0.39, 0.29) is 9.52 Å². The number of allylic oxidation sites excluding steroid dienone is 1. The Kier molecular flexibility index (Phi) is 7.02. The lowest BCUT2D eigenvalue weighted by Crippen LogP contribution is -2.37. The van der Waals surface area contributed by atoms with Crippen molar-refractivity contribution < 1.29 is 0 Å². The second-order valence-corrected chi connectivity index (χ2v) is 6.92. The molecule has 1 aliphatic rings. The van der Waals surface area contributed by atoms with E-state index in [0.717, 1.165) is 5.67 Å². The van der Waals surface area contributed by atoms with Crippen LogP contribution in [0.3, 0.4) is 0 Å². The van der Waals surface area contributed by atoms with Gasteiger partial charge in [0.2, 0.25) is 0 Å². The molecule has 0 N–H and O–H groups in total. The Morgan fingerprint density at radius 3 is 2.47 bits per heavy atom. The van der Waals surface area contributed by atoms with E-state index in [4.69, 9.17) is 0 Å². The van der Waals surface area contributed by atoms with Crippen molar-refractivity contribution in [2.24, 2.45) is 0 Å². The van der Waals surface area contributed by atoms with Crippen LogP contribution in [-0.2, 0) is 0 Å². The molecule has 0 bridgehead atoms. The van der Waals surface area contributed by atoms with E-state index in [0.29, 0.717) is 0 Å². The second-order valence-electron chi connectivity index (χ2n) is 4.79. The summed E-state index contributed by atoms with van der Waals surface area (Å²) in [6.07, 6.45) is 10.7. The Morgan fingerprint density at radius 1 is 1.20 bits per heavy atom. The summed E-state index contributed by atoms with van der Waals surface area (Å²) in [5.41, 5.74) is 3.40. The van der Waals surface area contributed by atoms with E-state index in [1.54, 1.807) is 0 Å². The number of rotatable bonds is 5. The molecule has 0 radical (unpaired) electrons. The third-order valence-corrected chi connectivity index (χ3v) is 5.17. The van der Waals surface area contributed by atoms with Crippen molar-refractivity contribution >= 4 is 9.52 Å². The van der Waals surface area contributed by atoms with Crippen LogP contribution in [0, 0.1) is 0 Å². The van der Waals surface area contributed by atoms with E-state index >= 15 is 0 Å². The van der Waals surface area contributed by atoms with Crippen LogP contribution in [0.15, 0.2) is 11.8 Å². The largest absolute Gasteiger partial charge is 0.304 e. The predicted octanol–water partition coefficient (Wildman–Crippen LogP) is 2.69. The van der Waals surface area contributed by atoms with Crippen LogP contribution in [0.1, 0.15) is 52.4 Å². The number of hydrogen-bond acceptors (Lipinski definition) is 1. The molecule has 2 heteroatoms. The average Bonchev–Trinajstić information content (AvgIpc) is 2.52. The lowest BCUT2D eigenvalue weighted by Gasteiger charge is -2.26. The zero-order chi connectivity index (χ0) is 10.9. The zero-order valence-corrected chi connectivity index (χ0v) is 12.0. The molecule has 15 heavy (non-hydrogen) atoms. The van der Waals surface area contributed by atoms with Crippen LogP contribution in [0.4, 0.5) is 0 Å². The fraction of sp³-hybridized carbons (Fsp3) is 0.846. The highest BCUT2D eigenvalue weighted by Gasteiger charge is 2.14. The highest BCUT2D eigenvalue weighted by atomic mass is 28.2. The van der Waals surface area contributed by atoms with Crippen molar-refractivity contribution in [3.63, 3.8) is 0 Å². The van der Waals surface area contributed by atoms with Gasteiger partial charge in [0, 0.05) is 0 Å². The molecule has 1 atom stereocenters. The molecule has 1 heterocycles. The smallest absolute Gasteiger partial charge is 0.0643 e. The maximum atomic E-state index is 2.73. The molecule has 0 aliphatic carbocycles. The van der Waals surface area contributed by atoms with Gasteiger partial charge in [-0.25, -0.2) is 0 Å². The summed E-state index contributed by atoms with van der Waals surface area (Å²) in [4.78, 5) is 2.73. The first-order valence-corrected chi connectivity index (χ1v) is 8.37. The zero-order valence-electron chi connectivity index (χ0n) is 10.5. The van der Waals surface area contributed by atoms with Crippen molar-refractivity contribution in [3.05, 3.63) is 11.8 Å². The molecule has 0 aromatic carbocycles. The van der Waals surface area contributed by atoms with Crippen molar-refractivity contribution in [2.75, 3.05) is 13.1 Å². The minimum atomic E-state index is 0.000463. The Balaban J connectivity index is 2.21. The van der Waals surface area contributed by atoms with Crippen LogP contribution < -0.4 is 0 Å². The van der Waals surface area contributed by atoms with Crippen molar-refractivity contribution in [3.8, 4) is 0 Å². The summed E-state index contributed by atoms with van der Waals surface area (Å²) >= 11 is 0. The highest BCUT2D eigenvalue weighted by Crippen LogP contribution is 2.11. The quantitative estimate of drug-likeness (QED) is 0.650. The van der Waals surface area contributed by atoms with Crippen LogP contribution in [0.2, 0.25) is 0 Å². The summed E-state index contributed by atoms with van der Waals surface area (Å²) < 4.78 is 0. The molecular formula is C13H27NSi. The van der Waals surface area contributed by atoms with Crippen LogP contribution in [-0.4, -0.2) is 33.2 Å². The summed E-state index contributed by atoms with van der Waals surface area (Å²) in [7, 11) is 0.000463. The molecule has 0 aromatic heterocycles. The topological polar surface area (TPSA) is 3.24 Å². The molecule has 1 rings (SSSR count). The van der Waals surface area contributed by atoms with Gasteiger partial charge < -0.3 is 4.90 Å². The standard InChI is InChI=1S/C13H27NSi/c1-3-4-9-12-15-13(2)14-10-7-5-6-8-11-14/h9,12-13H,3-8,10-11,15H2,1-2H3. The minimum Gasteiger partial charge on any atom is -0.304 e. The SMILES string of the molecule is CCCC=C[SiH2]C(C)N1CCCCCC1. The molecule has 1 fully saturated rings. The molecule has 1 unspecified atom stereocenters. The Morgan fingerprint density at radius 2 is 1.87 bits per heavy atom. The molecule has 0 amide bonds. The van der Waals surface area contributed by atoms with Gasteiger partial charge in [-0.2, -0.15) is 0 Å². The van der Waals surface area contributed by atoms with Crippen molar-refractivity contribution in [1.29, 1.82) is 0 Å². The van der Waals surface area contributed by atoms with Gasteiger partial charge in [-0.15, -0.1) is 5.70 Å². The van der Waals surface area contributed by atoms with E-state index in [1.165, 1.54) is 51.6 Å². The number of hydrogen-bond donors (Lipinski definition) is 0. The first kappa shape index (κ1) is 13.0. The van der Waals surface area contributed by atoms with Crippen molar-refractivity contribution in [2.45, 2.75) is 58.0 Å². The molecule has 1 nitrogen and oxygen atoms in total. The fourth-order valence-corrected chi connectivity index (χ4v) is 3.75. The second kappa shape index (κ2) is 8.11. The van der Waals surface area contributed by atoms with Gasteiger partial charge in [-0.3, -0.25) is 0 Å². The molecule has 88 valence electrons. The Bertz CT molecular complexity index is 171. The lowest BCUT2D eigenvalue weighted by molar-refractivity contribution is 0.271. The van der Waals surface area contributed by atoms with Crippen LogP contribution in [0.5, 0.6) is 0 Å². The molecule has 1 aliphatic heterocycles. The third kappa shape index (κ3) is 5.52. The van der Waals surface area contributed by atoms with Crippen LogP contribution in [0.25, 0.3) is 0 Å². The monoisotopic (exact) mass is 225 g/mol. The van der Waals surface area contributed by atoms with Gasteiger partial charge in [0.1, 0.15) is 0 Å². The molecule has 0 spiro atoms. The lowest BCUT2D eigenvalue weighted by atomic mass is 10.2. The normalized spacial score (nSPS) is 22.5. The Hall–Kier alpha value is -0.0831. The minimum absolute atomic E-state index is 0.000463. The summed E-state index contributed by atoms with van der Waals surface area (Å²) in [5, 5.41) is 0. The number of likely N-dealkylation sites (tertiary alicyclic amines) is 1. The highest BCUT2D eigenvalue weighted by molar-refractivity contribution is 6.43. The first-order valence-electron chi connectivity index (χ1n) is 6.73. The third-order valence-electron chi connectivity index (χ3n) is 3.36. The molecule has 1 saturated heterocycles. The first-order chi connectivity index (χ1) is 7.34. The summed E-state index contributed by atoms with van der Waals surface area (Å²) in [5.74, 6) is 0. The summed E-state index contributed by atoms with van der Waals surface area (Å²) in [6, 6.07) is 0. The molecule has 0 saturated carbocycles. The van der Waals surface area contributed by atoms with Crippen LogP contribution >= 0.6 is 0 Å². The predicted molar refractivity (Wildman–Crippen MR) is 72.1 cm³/mol. The van der Waals surface area contributed by atoms with Gasteiger partial charge in [0.15, 0.2) is 0 Å². The van der Waals surface area contributed by atoms with E-state index < -0.39 is 0 Å². The molecular weight excluding hydrogens is 198 g/mol. The van der Waals surface area contributed by atoms with Crippen molar-refractivity contribution in [1.82, 2.24) is 4.90 Å². The average molecular weight is 225 g/mol. The summed E-state index contributed by atoms with van der Waals surface area (Å²) in [6.45, 7) is 7.41. The maximum absolute atomic E-state index is 2.73. The van der Waals surface area contributed by atoms with Gasteiger partial charge in [-0.05, 0) is 38.0 Å². The van der Waals surface area contributed by atoms with Gasteiger partial charge in [0.05, 0.1) is 9.52 Å². The maximum Gasteiger partial charge on any atom is 0.0643 e. The number of nitrogens with zero attached hydrogens (tertiary/aromatic N) is 1. The fourth-order valence-electron chi connectivity index (χ4n) is 2.26. The van der Waals surface area contributed by atoms with E-state index in [1.807, 2.05) is 0 Å². The number of unbranched alkanes of at least 4 members (excludes halogenated alkanes) is 1.